The lowest BCUT2D eigenvalue weighted by atomic mass is 10.0. The van der Waals surface area contributed by atoms with Gasteiger partial charge in [0.1, 0.15) is 11.3 Å². The molecule has 0 aliphatic carbocycles. The molecule has 1 unspecified atom stereocenters. The topological polar surface area (TPSA) is 90.8 Å². The smallest absolute Gasteiger partial charge is 0.257 e. The molecule has 0 saturated heterocycles. The monoisotopic (exact) mass is 253 g/mol. The van der Waals surface area contributed by atoms with E-state index in [2.05, 4.69) is 15.8 Å². The summed E-state index contributed by atoms with van der Waals surface area (Å²) < 4.78 is 0. The summed E-state index contributed by atoms with van der Waals surface area (Å²) >= 11 is 0. The van der Waals surface area contributed by atoms with E-state index < -0.39 is 0 Å². The Kier molecular flexibility index (Phi) is 4.47. The number of carbonyl (C=O) groups is 2. The van der Waals surface area contributed by atoms with Crippen LogP contribution in [0.4, 0.5) is 0 Å². The summed E-state index contributed by atoms with van der Waals surface area (Å²) in [5.74, 6) is -0.332. The molecule has 6 nitrogen and oxygen atoms in total. The summed E-state index contributed by atoms with van der Waals surface area (Å²) in [6.07, 6.45) is 0.661. The van der Waals surface area contributed by atoms with E-state index in [0.717, 1.165) is 0 Å². The minimum absolute atomic E-state index is 0.000280. The van der Waals surface area contributed by atoms with Crippen molar-refractivity contribution in [1.29, 1.82) is 0 Å². The van der Waals surface area contributed by atoms with Gasteiger partial charge in [0, 0.05) is 6.92 Å². The van der Waals surface area contributed by atoms with Crippen molar-refractivity contribution in [1.82, 2.24) is 10.7 Å². The number of aliphatic hydroxyl groups excluding tert-OH is 1. The Bertz CT molecular complexity index is 424. The standard InChI is InChI=1S/C12H19N3O3/c1-6(2)5-9-11(17)10(12(18)13-9)7(3)14-15-8(4)16/h6,9,17H,5H2,1-4H3,(H,13,18)(H,15,16)/b14-7+. The van der Waals surface area contributed by atoms with Gasteiger partial charge in [-0.3, -0.25) is 9.59 Å². The fraction of sp³-hybridized carbons (Fsp3) is 0.583. The van der Waals surface area contributed by atoms with Crippen LogP contribution in [0.3, 0.4) is 0 Å². The van der Waals surface area contributed by atoms with Gasteiger partial charge in [0.15, 0.2) is 0 Å². The first-order valence-electron chi connectivity index (χ1n) is 5.88. The molecule has 0 spiro atoms. The fourth-order valence-electron chi connectivity index (χ4n) is 1.80. The highest BCUT2D eigenvalue weighted by atomic mass is 16.3. The van der Waals surface area contributed by atoms with Gasteiger partial charge in [0.2, 0.25) is 5.91 Å². The van der Waals surface area contributed by atoms with E-state index in [1.807, 2.05) is 13.8 Å². The van der Waals surface area contributed by atoms with Crippen LogP contribution < -0.4 is 10.7 Å². The number of aliphatic hydroxyl groups is 1. The molecule has 0 aromatic carbocycles. The number of hydrogen-bond donors (Lipinski definition) is 3. The van der Waals surface area contributed by atoms with Crippen LogP contribution in [0.25, 0.3) is 0 Å². The normalized spacial score (nSPS) is 20.4. The van der Waals surface area contributed by atoms with Crippen molar-refractivity contribution in [2.24, 2.45) is 11.0 Å². The van der Waals surface area contributed by atoms with Crippen LogP contribution in [-0.2, 0) is 9.59 Å². The molecule has 1 rings (SSSR count). The minimum atomic E-state index is -0.366. The van der Waals surface area contributed by atoms with Crippen molar-refractivity contribution < 1.29 is 14.7 Å². The first kappa shape index (κ1) is 14.2. The van der Waals surface area contributed by atoms with Gasteiger partial charge in [0.25, 0.3) is 5.91 Å². The third kappa shape index (κ3) is 3.32. The van der Waals surface area contributed by atoms with Crippen LogP contribution in [0.1, 0.15) is 34.1 Å². The highest BCUT2D eigenvalue weighted by Gasteiger charge is 2.33. The Morgan fingerprint density at radius 1 is 1.50 bits per heavy atom. The average Bonchev–Trinajstić information content (AvgIpc) is 2.50. The third-order valence-electron chi connectivity index (χ3n) is 2.57. The molecule has 2 amide bonds. The second-order valence-electron chi connectivity index (χ2n) is 4.78. The number of nitrogens with zero attached hydrogens (tertiary/aromatic N) is 1. The molecule has 6 heteroatoms. The first-order chi connectivity index (χ1) is 8.32. The van der Waals surface area contributed by atoms with E-state index in [9.17, 15) is 14.7 Å². The molecule has 0 fully saturated rings. The quantitative estimate of drug-likeness (QED) is 0.512. The van der Waals surface area contributed by atoms with E-state index in [4.69, 9.17) is 0 Å². The summed E-state index contributed by atoms with van der Waals surface area (Å²) in [6, 6.07) is -0.366. The lowest BCUT2D eigenvalue weighted by Crippen LogP contribution is -2.30. The number of rotatable bonds is 4. The van der Waals surface area contributed by atoms with Gasteiger partial charge < -0.3 is 10.4 Å². The lowest BCUT2D eigenvalue weighted by molar-refractivity contribution is -0.119. The predicted octanol–water partition coefficient (Wildman–Crippen LogP) is 0.855. The minimum Gasteiger partial charge on any atom is -0.509 e. The van der Waals surface area contributed by atoms with E-state index in [0.29, 0.717) is 18.1 Å². The Labute approximate surface area is 106 Å². The zero-order valence-corrected chi connectivity index (χ0v) is 11.1. The number of amides is 2. The second kappa shape index (κ2) is 5.66. The van der Waals surface area contributed by atoms with E-state index in [1.165, 1.54) is 6.92 Å². The molecule has 3 N–H and O–H groups in total. The van der Waals surface area contributed by atoms with Gasteiger partial charge in [-0.25, -0.2) is 5.43 Å². The predicted molar refractivity (Wildman–Crippen MR) is 68.0 cm³/mol. The first-order valence-corrected chi connectivity index (χ1v) is 5.88. The van der Waals surface area contributed by atoms with Crippen molar-refractivity contribution >= 4 is 17.5 Å². The van der Waals surface area contributed by atoms with Crippen molar-refractivity contribution in [3.05, 3.63) is 11.3 Å². The van der Waals surface area contributed by atoms with Crippen LogP contribution in [-0.4, -0.2) is 28.7 Å². The van der Waals surface area contributed by atoms with E-state index in [-0.39, 0.29) is 29.2 Å². The van der Waals surface area contributed by atoms with Crippen molar-refractivity contribution in [2.75, 3.05) is 0 Å². The maximum Gasteiger partial charge on any atom is 0.257 e. The largest absolute Gasteiger partial charge is 0.509 e. The maximum absolute atomic E-state index is 11.7. The number of hydrazone groups is 1. The summed E-state index contributed by atoms with van der Waals surface area (Å²) in [5.41, 5.74) is 2.69. The average molecular weight is 253 g/mol. The summed E-state index contributed by atoms with van der Waals surface area (Å²) in [6.45, 7) is 6.91. The number of nitrogens with one attached hydrogen (secondary N) is 2. The van der Waals surface area contributed by atoms with E-state index >= 15 is 0 Å². The van der Waals surface area contributed by atoms with Crippen LogP contribution >= 0.6 is 0 Å². The Balaban J connectivity index is 2.91. The van der Waals surface area contributed by atoms with Gasteiger partial charge in [-0.2, -0.15) is 5.10 Å². The Hall–Kier alpha value is -1.85. The van der Waals surface area contributed by atoms with Crippen LogP contribution in [0.5, 0.6) is 0 Å². The molecule has 1 heterocycles. The Morgan fingerprint density at radius 3 is 2.61 bits per heavy atom. The van der Waals surface area contributed by atoms with Crippen LogP contribution in [0.2, 0.25) is 0 Å². The lowest BCUT2D eigenvalue weighted by Gasteiger charge is -2.13. The van der Waals surface area contributed by atoms with Crippen molar-refractivity contribution in [3.63, 3.8) is 0 Å². The molecular formula is C12H19N3O3. The highest BCUT2D eigenvalue weighted by molar-refractivity contribution is 6.22. The van der Waals surface area contributed by atoms with Crippen molar-refractivity contribution in [3.8, 4) is 0 Å². The number of hydrogen-bond acceptors (Lipinski definition) is 4. The highest BCUT2D eigenvalue weighted by Crippen LogP contribution is 2.21. The summed E-state index contributed by atoms with van der Waals surface area (Å²) in [5, 5.41) is 16.5. The van der Waals surface area contributed by atoms with Gasteiger partial charge in [0.05, 0.1) is 11.8 Å². The van der Waals surface area contributed by atoms with Gasteiger partial charge in [-0.1, -0.05) is 13.8 Å². The molecule has 1 aliphatic rings. The molecule has 18 heavy (non-hydrogen) atoms. The van der Waals surface area contributed by atoms with Crippen LogP contribution in [0.15, 0.2) is 16.4 Å². The maximum atomic E-state index is 11.7. The molecule has 100 valence electrons. The molecule has 0 aromatic rings. The molecule has 1 atom stereocenters. The second-order valence-corrected chi connectivity index (χ2v) is 4.78. The molecule has 0 aromatic heterocycles. The SMILES string of the molecule is CC(=O)N/N=C(\C)C1=C(O)C(CC(C)C)NC1=O. The Morgan fingerprint density at radius 2 is 2.11 bits per heavy atom. The van der Waals surface area contributed by atoms with Gasteiger partial charge in [-0.15, -0.1) is 0 Å². The molecular weight excluding hydrogens is 234 g/mol. The van der Waals surface area contributed by atoms with Gasteiger partial charge >= 0.3 is 0 Å². The molecule has 0 radical (unpaired) electrons. The van der Waals surface area contributed by atoms with Gasteiger partial charge in [-0.05, 0) is 19.3 Å². The third-order valence-corrected chi connectivity index (χ3v) is 2.57. The number of carbonyl (C=O) groups excluding carboxylic acids is 2. The summed E-state index contributed by atoms with van der Waals surface area (Å²) in [4.78, 5) is 22.5. The summed E-state index contributed by atoms with van der Waals surface area (Å²) in [7, 11) is 0. The zero-order valence-electron chi connectivity index (χ0n) is 11.1. The zero-order chi connectivity index (χ0) is 13.9. The molecule has 1 aliphatic heterocycles. The molecule has 0 bridgehead atoms. The van der Waals surface area contributed by atoms with Crippen molar-refractivity contribution in [2.45, 2.75) is 40.2 Å². The van der Waals surface area contributed by atoms with Crippen LogP contribution in [0, 0.1) is 5.92 Å². The molecule has 0 saturated carbocycles. The fourth-order valence-corrected chi connectivity index (χ4v) is 1.80. The van der Waals surface area contributed by atoms with E-state index in [1.54, 1.807) is 6.92 Å².